The van der Waals surface area contributed by atoms with Gasteiger partial charge >= 0.3 is 0 Å². The van der Waals surface area contributed by atoms with Crippen LogP contribution in [-0.2, 0) is 6.54 Å². The fraction of sp³-hybridized carbons (Fsp3) is 0.0500. The SMILES string of the molecule is Fc1cccc(C2=Nc3ccccc3CN2c2ccccc2)c1. The van der Waals surface area contributed by atoms with Crippen molar-refractivity contribution < 1.29 is 4.39 Å². The van der Waals surface area contributed by atoms with E-state index < -0.39 is 0 Å². The van der Waals surface area contributed by atoms with E-state index in [4.69, 9.17) is 4.99 Å². The van der Waals surface area contributed by atoms with E-state index in [-0.39, 0.29) is 5.82 Å². The molecule has 3 aromatic rings. The zero-order valence-corrected chi connectivity index (χ0v) is 12.5. The summed E-state index contributed by atoms with van der Waals surface area (Å²) in [5, 5.41) is 0. The van der Waals surface area contributed by atoms with E-state index >= 15 is 0 Å². The normalized spacial score (nSPS) is 13.4. The molecule has 0 radical (unpaired) electrons. The van der Waals surface area contributed by atoms with Gasteiger partial charge in [0.25, 0.3) is 0 Å². The topological polar surface area (TPSA) is 15.6 Å². The Labute approximate surface area is 134 Å². The molecule has 0 unspecified atom stereocenters. The van der Waals surface area contributed by atoms with E-state index in [1.165, 1.54) is 12.1 Å². The molecule has 0 bridgehead atoms. The number of para-hydroxylation sites is 2. The van der Waals surface area contributed by atoms with E-state index in [9.17, 15) is 4.39 Å². The summed E-state index contributed by atoms with van der Waals surface area (Å²) in [6.07, 6.45) is 0. The van der Waals surface area contributed by atoms with Gasteiger partial charge in [-0.05, 0) is 35.9 Å². The molecule has 0 fully saturated rings. The molecule has 0 atom stereocenters. The van der Waals surface area contributed by atoms with Gasteiger partial charge in [-0.2, -0.15) is 0 Å². The second kappa shape index (κ2) is 5.69. The smallest absolute Gasteiger partial charge is 0.141 e. The number of aliphatic imine (C=N–C) groups is 1. The first-order chi connectivity index (χ1) is 11.3. The number of hydrogen-bond donors (Lipinski definition) is 0. The molecular formula is C20H15FN2. The molecule has 2 nitrogen and oxygen atoms in total. The summed E-state index contributed by atoms with van der Waals surface area (Å²) < 4.78 is 13.7. The standard InChI is InChI=1S/C20H15FN2/c21-17-9-6-8-15(13-17)20-22-19-12-5-4-7-16(19)14-23(20)18-10-2-1-3-11-18/h1-13H,14H2. The minimum atomic E-state index is -0.253. The summed E-state index contributed by atoms with van der Waals surface area (Å²) in [7, 11) is 0. The van der Waals surface area contributed by atoms with Crippen molar-refractivity contribution in [2.75, 3.05) is 4.90 Å². The van der Waals surface area contributed by atoms with Gasteiger partial charge in [0, 0.05) is 11.3 Å². The lowest BCUT2D eigenvalue weighted by molar-refractivity contribution is 0.627. The van der Waals surface area contributed by atoms with Crippen LogP contribution in [0, 0.1) is 5.82 Å². The zero-order valence-electron chi connectivity index (χ0n) is 12.5. The number of anilines is 1. The molecule has 0 aliphatic carbocycles. The summed E-state index contributed by atoms with van der Waals surface area (Å²) in [6, 6.07) is 24.7. The highest BCUT2D eigenvalue weighted by molar-refractivity contribution is 6.12. The van der Waals surface area contributed by atoms with Gasteiger partial charge in [-0.1, -0.05) is 48.5 Å². The van der Waals surface area contributed by atoms with Crippen LogP contribution in [0.15, 0.2) is 83.9 Å². The van der Waals surface area contributed by atoms with E-state index in [2.05, 4.69) is 11.0 Å². The van der Waals surface area contributed by atoms with Crippen LogP contribution in [0.25, 0.3) is 0 Å². The van der Waals surface area contributed by atoms with Gasteiger partial charge in [0.05, 0.1) is 12.2 Å². The minimum Gasteiger partial charge on any atom is -0.321 e. The lowest BCUT2D eigenvalue weighted by Crippen LogP contribution is -2.33. The maximum Gasteiger partial charge on any atom is 0.141 e. The molecule has 1 aliphatic heterocycles. The van der Waals surface area contributed by atoms with Gasteiger partial charge in [-0.3, -0.25) is 0 Å². The van der Waals surface area contributed by atoms with E-state index in [0.29, 0.717) is 0 Å². The molecule has 3 aromatic carbocycles. The zero-order chi connectivity index (χ0) is 15.6. The van der Waals surface area contributed by atoms with Gasteiger partial charge < -0.3 is 4.90 Å². The Balaban J connectivity index is 1.88. The summed E-state index contributed by atoms with van der Waals surface area (Å²) in [6.45, 7) is 0.718. The Hall–Kier alpha value is -2.94. The second-order valence-electron chi connectivity index (χ2n) is 5.50. The Morgan fingerprint density at radius 2 is 1.61 bits per heavy atom. The summed E-state index contributed by atoms with van der Waals surface area (Å²) in [5.74, 6) is 0.520. The molecule has 0 spiro atoms. The highest BCUT2D eigenvalue weighted by Crippen LogP contribution is 2.31. The molecule has 1 aliphatic rings. The van der Waals surface area contributed by atoms with Crippen molar-refractivity contribution >= 4 is 17.2 Å². The van der Waals surface area contributed by atoms with Crippen molar-refractivity contribution in [3.8, 4) is 0 Å². The Morgan fingerprint density at radius 1 is 0.826 bits per heavy atom. The number of hydrogen-bond acceptors (Lipinski definition) is 2. The Morgan fingerprint density at radius 3 is 2.43 bits per heavy atom. The monoisotopic (exact) mass is 302 g/mol. The van der Waals surface area contributed by atoms with E-state index in [0.717, 1.165) is 34.9 Å². The predicted molar refractivity (Wildman–Crippen MR) is 91.7 cm³/mol. The van der Waals surface area contributed by atoms with Crippen LogP contribution >= 0.6 is 0 Å². The molecule has 0 N–H and O–H groups in total. The molecule has 23 heavy (non-hydrogen) atoms. The average Bonchev–Trinajstić information content (AvgIpc) is 2.61. The third kappa shape index (κ3) is 2.61. The molecule has 3 heteroatoms. The van der Waals surface area contributed by atoms with Crippen molar-refractivity contribution in [1.29, 1.82) is 0 Å². The average molecular weight is 302 g/mol. The molecule has 112 valence electrons. The van der Waals surface area contributed by atoms with Crippen LogP contribution in [0.3, 0.4) is 0 Å². The Bertz CT molecular complexity index is 872. The second-order valence-corrected chi connectivity index (χ2v) is 5.50. The third-order valence-electron chi connectivity index (χ3n) is 3.95. The summed E-state index contributed by atoms with van der Waals surface area (Å²) >= 11 is 0. The number of benzene rings is 3. The fourth-order valence-electron chi connectivity index (χ4n) is 2.84. The van der Waals surface area contributed by atoms with E-state index in [1.807, 2.05) is 54.6 Å². The lowest BCUT2D eigenvalue weighted by Gasteiger charge is -2.30. The first-order valence-corrected chi connectivity index (χ1v) is 7.56. The number of amidine groups is 1. The predicted octanol–water partition coefficient (Wildman–Crippen LogP) is 4.92. The molecule has 0 saturated heterocycles. The van der Waals surface area contributed by atoms with Gasteiger partial charge in [0.2, 0.25) is 0 Å². The number of fused-ring (bicyclic) bond motifs is 1. The number of halogens is 1. The highest BCUT2D eigenvalue weighted by atomic mass is 19.1. The first-order valence-electron chi connectivity index (χ1n) is 7.56. The molecule has 0 aromatic heterocycles. The molecule has 0 saturated carbocycles. The van der Waals surface area contributed by atoms with Gasteiger partial charge in [-0.15, -0.1) is 0 Å². The quantitative estimate of drug-likeness (QED) is 0.655. The minimum absolute atomic E-state index is 0.253. The summed E-state index contributed by atoms with van der Waals surface area (Å²) in [5.41, 5.74) is 3.93. The van der Waals surface area contributed by atoms with Gasteiger partial charge in [0.15, 0.2) is 0 Å². The maximum atomic E-state index is 13.7. The largest absolute Gasteiger partial charge is 0.321 e. The molecular weight excluding hydrogens is 287 g/mol. The van der Waals surface area contributed by atoms with Crippen molar-refractivity contribution in [2.24, 2.45) is 4.99 Å². The summed E-state index contributed by atoms with van der Waals surface area (Å²) in [4.78, 5) is 6.91. The van der Waals surface area contributed by atoms with Gasteiger partial charge in [0.1, 0.15) is 11.7 Å². The van der Waals surface area contributed by atoms with Gasteiger partial charge in [-0.25, -0.2) is 9.38 Å². The van der Waals surface area contributed by atoms with Crippen LogP contribution in [-0.4, -0.2) is 5.84 Å². The fourth-order valence-corrected chi connectivity index (χ4v) is 2.84. The van der Waals surface area contributed by atoms with Crippen molar-refractivity contribution in [3.05, 3.63) is 95.8 Å². The van der Waals surface area contributed by atoms with Crippen molar-refractivity contribution in [1.82, 2.24) is 0 Å². The lowest BCUT2D eigenvalue weighted by atomic mass is 10.1. The van der Waals surface area contributed by atoms with Crippen molar-refractivity contribution in [2.45, 2.75) is 6.54 Å². The van der Waals surface area contributed by atoms with Crippen LogP contribution < -0.4 is 4.90 Å². The third-order valence-corrected chi connectivity index (χ3v) is 3.95. The molecule has 1 heterocycles. The maximum absolute atomic E-state index is 13.7. The highest BCUT2D eigenvalue weighted by Gasteiger charge is 2.22. The Kier molecular flexibility index (Phi) is 3.39. The van der Waals surface area contributed by atoms with Crippen LogP contribution in [0.4, 0.5) is 15.8 Å². The van der Waals surface area contributed by atoms with E-state index in [1.54, 1.807) is 6.07 Å². The van der Waals surface area contributed by atoms with Crippen LogP contribution in [0.1, 0.15) is 11.1 Å². The molecule has 0 amide bonds. The van der Waals surface area contributed by atoms with Crippen molar-refractivity contribution in [3.63, 3.8) is 0 Å². The first kappa shape index (κ1) is 13.7. The van der Waals surface area contributed by atoms with Crippen LogP contribution in [0.5, 0.6) is 0 Å². The van der Waals surface area contributed by atoms with Crippen LogP contribution in [0.2, 0.25) is 0 Å². The number of nitrogens with zero attached hydrogens (tertiary/aromatic N) is 2. The molecule has 4 rings (SSSR count). The number of rotatable bonds is 2.